The van der Waals surface area contributed by atoms with Gasteiger partial charge in [-0.15, -0.1) is 10.2 Å². The molecule has 4 heterocycles. The quantitative estimate of drug-likeness (QED) is 0.168. The standard InChI is InChI=1S/C31H35N11O3/c32-19-35-27(33)26-28(36-23-9-7-20(8-10-23)30(44)41-12-14-45-15-13-41)38-31(40-39-26)42-11-3-5-24(18-42)37-29(43)22-16-21-4-1-2-6-25(21)34-17-22/h1-2,4,6-10,16-17,24H,3,5,11-15,18-19,32H2,(H2,33,35)(H,37,43)(H,36,38,40)/t24-/m1/s1. The Labute approximate surface area is 259 Å². The number of morpholine rings is 1. The summed E-state index contributed by atoms with van der Waals surface area (Å²) in [5.41, 5.74) is 14.6. The first-order valence-corrected chi connectivity index (χ1v) is 14.9. The van der Waals surface area contributed by atoms with Crippen molar-refractivity contribution < 1.29 is 14.3 Å². The molecule has 2 fully saturated rings. The van der Waals surface area contributed by atoms with Crippen LogP contribution in [0.15, 0.2) is 65.8 Å². The molecule has 2 aromatic heterocycles. The van der Waals surface area contributed by atoms with Crippen LogP contribution in [0.5, 0.6) is 0 Å². The number of nitrogens with zero attached hydrogens (tertiary/aromatic N) is 7. The molecule has 2 aliphatic heterocycles. The zero-order valence-corrected chi connectivity index (χ0v) is 24.7. The molecule has 0 bridgehead atoms. The van der Waals surface area contributed by atoms with Gasteiger partial charge < -0.3 is 36.6 Å². The van der Waals surface area contributed by atoms with Gasteiger partial charge in [-0.05, 0) is 49.2 Å². The molecule has 1 atom stereocenters. The van der Waals surface area contributed by atoms with Gasteiger partial charge >= 0.3 is 0 Å². The summed E-state index contributed by atoms with van der Waals surface area (Å²) in [6.07, 6.45) is 3.23. The Bertz CT molecular complexity index is 1710. The highest BCUT2D eigenvalue weighted by Crippen LogP contribution is 2.23. The maximum Gasteiger partial charge on any atom is 0.254 e. The Hall–Kier alpha value is -5.21. The first-order chi connectivity index (χ1) is 22.0. The minimum atomic E-state index is -0.182. The van der Waals surface area contributed by atoms with E-state index in [-0.39, 0.29) is 36.1 Å². The highest BCUT2D eigenvalue weighted by molar-refractivity contribution is 6.00. The van der Waals surface area contributed by atoms with Crippen LogP contribution in [0.1, 0.15) is 39.3 Å². The number of nitrogens with two attached hydrogens (primary N) is 2. The van der Waals surface area contributed by atoms with Crippen molar-refractivity contribution in [2.75, 3.05) is 56.3 Å². The first-order valence-electron chi connectivity index (χ1n) is 14.9. The lowest BCUT2D eigenvalue weighted by molar-refractivity contribution is 0.0303. The van der Waals surface area contributed by atoms with Crippen LogP contribution in [-0.4, -0.2) is 94.8 Å². The maximum atomic E-state index is 13.1. The number of ether oxygens (including phenoxy) is 1. The lowest BCUT2D eigenvalue weighted by atomic mass is 10.1. The van der Waals surface area contributed by atoms with Crippen molar-refractivity contribution >= 4 is 46.0 Å². The number of carbonyl (C=O) groups excluding carboxylic acids is 2. The number of benzene rings is 2. The van der Waals surface area contributed by atoms with E-state index in [9.17, 15) is 9.59 Å². The number of carbonyl (C=O) groups is 2. The summed E-state index contributed by atoms with van der Waals surface area (Å²) in [4.78, 5) is 43.0. The number of amidine groups is 1. The maximum absolute atomic E-state index is 13.1. The largest absolute Gasteiger partial charge is 0.382 e. The van der Waals surface area contributed by atoms with E-state index in [0.717, 1.165) is 23.7 Å². The van der Waals surface area contributed by atoms with Gasteiger partial charge in [-0.2, -0.15) is 4.98 Å². The van der Waals surface area contributed by atoms with Crippen molar-refractivity contribution in [3.8, 4) is 0 Å². The van der Waals surface area contributed by atoms with Crippen LogP contribution in [0.3, 0.4) is 0 Å². The summed E-state index contributed by atoms with van der Waals surface area (Å²) in [6.45, 7) is 3.38. The molecule has 14 heteroatoms. The van der Waals surface area contributed by atoms with Gasteiger partial charge in [0.25, 0.3) is 11.8 Å². The van der Waals surface area contributed by atoms with Crippen molar-refractivity contribution in [2.24, 2.45) is 16.5 Å². The van der Waals surface area contributed by atoms with E-state index in [1.807, 2.05) is 35.2 Å². The van der Waals surface area contributed by atoms with E-state index in [2.05, 4.69) is 30.8 Å². The summed E-state index contributed by atoms with van der Waals surface area (Å²) in [5.74, 6) is 0.596. The van der Waals surface area contributed by atoms with Crippen LogP contribution in [0, 0.1) is 0 Å². The van der Waals surface area contributed by atoms with Crippen LogP contribution in [0.2, 0.25) is 0 Å². The number of nitrogens with one attached hydrogen (secondary N) is 2. The van der Waals surface area contributed by atoms with Gasteiger partial charge in [-0.3, -0.25) is 19.6 Å². The van der Waals surface area contributed by atoms with Crippen molar-refractivity contribution in [1.82, 2.24) is 30.4 Å². The van der Waals surface area contributed by atoms with Crippen molar-refractivity contribution in [1.29, 1.82) is 0 Å². The summed E-state index contributed by atoms with van der Waals surface area (Å²) >= 11 is 0. The minimum Gasteiger partial charge on any atom is -0.382 e. The fraction of sp³-hybridized carbons (Fsp3) is 0.323. The zero-order valence-electron chi connectivity index (χ0n) is 24.7. The minimum absolute atomic E-state index is 0.0206. The Kier molecular flexibility index (Phi) is 9.03. The van der Waals surface area contributed by atoms with Crippen LogP contribution in [-0.2, 0) is 4.74 Å². The molecule has 0 radical (unpaired) electrons. The summed E-state index contributed by atoms with van der Waals surface area (Å²) in [6, 6.07) is 16.5. The molecule has 0 saturated carbocycles. The molecular weight excluding hydrogens is 574 g/mol. The molecule has 6 rings (SSSR count). The number of para-hydroxylation sites is 1. The number of fused-ring (bicyclic) bond motifs is 1. The SMILES string of the molecule is NCN=C(N)c1nnc(N2CCC[C@@H](NC(=O)c3cnc4ccccc4c3)C2)nc1Nc1ccc(C(=O)N2CCOCC2)cc1. The number of hydrogen-bond acceptors (Lipinski definition) is 11. The molecule has 232 valence electrons. The molecule has 14 nitrogen and oxygen atoms in total. The highest BCUT2D eigenvalue weighted by Gasteiger charge is 2.26. The van der Waals surface area contributed by atoms with Gasteiger partial charge in [0.1, 0.15) is 0 Å². The van der Waals surface area contributed by atoms with E-state index >= 15 is 0 Å². The number of amides is 2. The second-order valence-electron chi connectivity index (χ2n) is 10.8. The Balaban J connectivity index is 1.17. The number of hydrogen-bond donors (Lipinski definition) is 4. The van der Waals surface area contributed by atoms with Crippen LogP contribution in [0.4, 0.5) is 17.5 Å². The number of anilines is 3. The van der Waals surface area contributed by atoms with Gasteiger partial charge in [-0.1, -0.05) is 18.2 Å². The molecule has 0 aliphatic carbocycles. The molecule has 45 heavy (non-hydrogen) atoms. The molecule has 2 aliphatic rings. The average Bonchev–Trinajstić information content (AvgIpc) is 3.08. The molecule has 0 spiro atoms. The van der Waals surface area contributed by atoms with E-state index in [1.54, 1.807) is 35.4 Å². The predicted molar refractivity (Wildman–Crippen MR) is 170 cm³/mol. The van der Waals surface area contributed by atoms with Crippen molar-refractivity contribution in [2.45, 2.75) is 18.9 Å². The highest BCUT2D eigenvalue weighted by atomic mass is 16.5. The molecule has 2 saturated heterocycles. The third-order valence-electron chi connectivity index (χ3n) is 7.76. The molecule has 2 amide bonds. The predicted octanol–water partition coefficient (Wildman–Crippen LogP) is 1.66. The molecule has 0 unspecified atom stereocenters. The number of aliphatic imine (C=N–C) groups is 1. The van der Waals surface area contributed by atoms with Gasteiger partial charge in [0.2, 0.25) is 5.95 Å². The smallest absolute Gasteiger partial charge is 0.254 e. The topological polar surface area (TPSA) is 190 Å². The number of piperidine rings is 1. The molecule has 4 aromatic rings. The van der Waals surface area contributed by atoms with Gasteiger partial charge in [0.05, 0.1) is 31.0 Å². The monoisotopic (exact) mass is 609 g/mol. The van der Waals surface area contributed by atoms with Gasteiger partial charge in [0, 0.05) is 55.1 Å². The molecular formula is C31H35N11O3. The van der Waals surface area contributed by atoms with Crippen LogP contribution in [0.25, 0.3) is 10.9 Å². The second kappa shape index (κ2) is 13.6. The third-order valence-corrected chi connectivity index (χ3v) is 7.76. The van der Waals surface area contributed by atoms with Crippen molar-refractivity contribution in [3.63, 3.8) is 0 Å². The fourth-order valence-corrected chi connectivity index (χ4v) is 5.41. The number of aromatic nitrogens is 4. The van der Waals surface area contributed by atoms with Gasteiger partial charge in [-0.25, -0.2) is 0 Å². The second-order valence-corrected chi connectivity index (χ2v) is 10.8. The third kappa shape index (κ3) is 6.97. The lowest BCUT2D eigenvalue weighted by Crippen LogP contribution is -2.48. The van der Waals surface area contributed by atoms with Gasteiger partial charge in [0.15, 0.2) is 17.3 Å². The Morgan fingerprint density at radius 2 is 1.82 bits per heavy atom. The van der Waals surface area contributed by atoms with Crippen LogP contribution < -0.4 is 27.0 Å². The summed E-state index contributed by atoms with van der Waals surface area (Å²) < 4.78 is 5.35. The van der Waals surface area contributed by atoms with Crippen molar-refractivity contribution in [3.05, 3.63) is 77.6 Å². The van der Waals surface area contributed by atoms with E-state index < -0.39 is 0 Å². The number of rotatable bonds is 8. The normalized spacial score (nSPS) is 17.3. The fourth-order valence-electron chi connectivity index (χ4n) is 5.41. The molecule has 6 N–H and O–H groups in total. The lowest BCUT2D eigenvalue weighted by Gasteiger charge is -2.33. The van der Waals surface area contributed by atoms with E-state index in [4.69, 9.17) is 21.2 Å². The Morgan fingerprint density at radius 1 is 1.02 bits per heavy atom. The van der Waals surface area contributed by atoms with E-state index in [1.165, 1.54) is 0 Å². The summed E-state index contributed by atoms with van der Waals surface area (Å²) in [5, 5.41) is 16.0. The molecule has 2 aromatic carbocycles. The van der Waals surface area contributed by atoms with Crippen LogP contribution >= 0.6 is 0 Å². The first kappa shape index (κ1) is 29.8. The summed E-state index contributed by atoms with van der Waals surface area (Å²) in [7, 11) is 0. The average molecular weight is 610 g/mol. The zero-order chi connectivity index (χ0) is 31.2. The van der Waals surface area contributed by atoms with E-state index in [0.29, 0.717) is 68.0 Å². The number of pyridine rings is 1. The Morgan fingerprint density at radius 3 is 2.62 bits per heavy atom.